The predicted octanol–water partition coefficient (Wildman–Crippen LogP) is 3.34. The highest BCUT2D eigenvalue weighted by Gasteiger charge is 2.32. The number of pyridine rings is 1. The first-order chi connectivity index (χ1) is 8.53. The van der Waals surface area contributed by atoms with Crippen LogP contribution in [0.4, 0.5) is 0 Å². The van der Waals surface area contributed by atoms with Gasteiger partial charge in [0.25, 0.3) is 0 Å². The van der Waals surface area contributed by atoms with Gasteiger partial charge in [-0.25, -0.2) is 0 Å². The van der Waals surface area contributed by atoms with Gasteiger partial charge in [0, 0.05) is 6.20 Å². The fraction of sp³-hybridized carbons (Fsp3) is 0.667. The highest BCUT2D eigenvalue weighted by molar-refractivity contribution is 5.29. The molecule has 100 valence electrons. The summed E-state index contributed by atoms with van der Waals surface area (Å²) in [5, 5.41) is 10.5. The third kappa shape index (κ3) is 2.83. The molecule has 1 atom stereocenters. The van der Waals surface area contributed by atoms with Crippen LogP contribution in [0.1, 0.15) is 51.3 Å². The van der Waals surface area contributed by atoms with Crippen LogP contribution in [-0.4, -0.2) is 17.2 Å². The first kappa shape index (κ1) is 13.3. The molecule has 1 aromatic heterocycles. The number of hydrogen-bond donors (Lipinski definition) is 1. The SMILES string of the molecule is COc1cccnc1C(O)C1CCC(C)(C)CC1. The molecule has 1 unspecified atom stereocenters. The average Bonchev–Trinajstić information content (AvgIpc) is 2.38. The maximum absolute atomic E-state index is 10.5. The molecule has 1 saturated carbocycles. The van der Waals surface area contributed by atoms with Crippen LogP contribution < -0.4 is 4.74 Å². The molecule has 1 aliphatic rings. The van der Waals surface area contributed by atoms with E-state index in [2.05, 4.69) is 18.8 Å². The second kappa shape index (κ2) is 5.27. The Hall–Kier alpha value is -1.09. The lowest BCUT2D eigenvalue weighted by Gasteiger charge is -2.36. The van der Waals surface area contributed by atoms with Crippen molar-refractivity contribution in [3.05, 3.63) is 24.0 Å². The summed E-state index contributed by atoms with van der Waals surface area (Å²) < 4.78 is 5.28. The molecule has 0 bridgehead atoms. The van der Waals surface area contributed by atoms with Gasteiger partial charge < -0.3 is 9.84 Å². The van der Waals surface area contributed by atoms with Gasteiger partial charge in [0.2, 0.25) is 0 Å². The van der Waals surface area contributed by atoms with E-state index < -0.39 is 6.10 Å². The molecule has 2 rings (SSSR count). The number of hydrogen-bond acceptors (Lipinski definition) is 3. The van der Waals surface area contributed by atoms with Crippen molar-refractivity contribution in [3.63, 3.8) is 0 Å². The van der Waals surface area contributed by atoms with Gasteiger partial charge in [-0.05, 0) is 49.1 Å². The van der Waals surface area contributed by atoms with E-state index in [0.717, 1.165) is 12.8 Å². The molecule has 0 saturated heterocycles. The standard InChI is InChI=1S/C15H23NO2/c1-15(2)8-6-11(7-9-15)14(17)13-12(18-3)5-4-10-16-13/h4-5,10-11,14,17H,6-9H2,1-3H3. The van der Waals surface area contributed by atoms with Gasteiger partial charge in [-0.3, -0.25) is 4.98 Å². The molecule has 0 aliphatic heterocycles. The van der Waals surface area contributed by atoms with Gasteiger partial charge in [-0.2, -0.15) is 0 Å². The molecule has 0 spiro atoms. The Morgan fingerprint density at radius 2 is 2.06 bits per heavy atom. The molecule has 18 heavy (non-hydrogen) atoms. The van der Waals surface area contributed by atoms with Gasteiger partial charge in [0.15, 0.2) is 0 Å². The smallest absolute Gasteiger partial charge is 0.143 e. The largest absolute Gasteiger partial charge is 0.495 e. The minimum Gasteiger partial charge on any atom is -0.495 e. The number of nitrogens with zero attached hydrogens (tertiary/aromatic N) is 1. The van der Waals surface area contributed by atoms with Crippen molar-refractivity contribution < 1.29 is 9.84 Å². The van der Waals surface area contributed by atoms with E-state index in [4.69, 9.17) is 4.74 Å². The van der Waals surface area contributed by atoms with Crippen LogP contribution in [0.2, 0.25) is 0 Å². The summed E-state index contributed by atoms with van der Waals surface area (Å²) in [4.78, 5) is 4.29. The molecule has 3 heteroatoms. The van der Waals surface area contributed by atoms with E-state index in [9.17, 15) is 5.11 Å². The Bertz CT molecular complexity index is 393. The van der Waals surface area contributed by atoms with E-state index in [-0.39, 0.29) is 0 Å². The Kier molecular flexibility index (Phi) is 3.91. The molecule has 0 radical (unpaired) electrons. The lowest BCUT2D eigenvalue weighted by Crippen LogP contribution is -2.25. The van der Waals surface area contributed by atoms with Crippen LogP contribution in [0.15, 0.2) is 18.3 Å². The van der Waals surface area contributed by atoms with Crippen LogP contribution in [0, 0.1) is 11.3 Å². The zero-order valence-electron chi connectivity index (χ0n) is 11.5. The molecule has 1 aliphatic carbocycles. The summed E-state index contributed by atoms with van der Waals surface area (Å²) >= 11 is 0. The van der Waals surface area contributed by atoms with E-state index in [0.29, 0.717) is 22.8 Å². The third-order valence-electron chi connectivity index (χ3n) is 4.13. The molecular formula is C15H23NO2. The van der Waals surface area contributed by atoms with E-state index in [1.807, 2.05) is 12.1 Å². The van der Waals surface area contributed by atoms with E-state index in [1.54, 1.807) is 13.3 Å². The molecule has 0 amide bonds. The number of methoxy groups -OCH3 is 1. The summed E-state index contributed by atoms with van der Waals surface area (Å²) in [6.07, 6.45) is 5.68. The van der Waals surface area contributed by atoms with Crippen molar-refractivity contribution in [2.75, 3.05) is 7.11 Å². The number of rotatable bonds is 3. The minimum atomic E-state index is -0.503. The monoisotopic (exact) mass is 249 g/mol. The molecule has 1 aromatic rings. The summed E-state index contributed by atoms with van der Waals surface area (Å²) in [6, 6.07) is 3.69. The number of ether oxygens (including phenoxy) is 1. The Labute approximate surface area is 109 Å². The average molecular weight is 249 g/mol. The maximum Gasteiger partial charge on any atom is 0.143 e. The van der Waals surface area contributed by atoms with E-state index >= 15 is 0 Å². The first-order valence-electron chi connectivity index (χ1n) is 6.70. The van der Waals surface area contributed by atoms with Crippen LogP contribution in [-0.2, 0) is 0 Å². The quantitative estimate of drug-likeness (QED) is 0.893. The lowest BCUT2D eigenvalue weighted by molar-refractivity contribution is 0.0520. The van der Waals surface area contributed by atoms with Gasteiger partial charge in [-0.15, -0.1) is 0 Å². The molecule has 3 nitrogen and oxygen atoms in total. The van der Waals surface area contributed by atoms with Crippen molar-refractivity contribution in [2.45, 2.75) is 45.6 Å². The van der Waals surface area contributed by atoms with Crippen LogP contribution in [0.25, 0.3) is 0 Å². The molecular weight excluding hydrogens is 226 g/mol. The number of aliphatic hydroxyl groups is 1. The summed E-state index contributed by atoms with van der Waals surface area (Å²) in [6.45, 7) is 4.61. The van der Waals surface area contributed by atoms with Gasteiger partial charge in [0.1, 0.15) is 17.5 Å². The van der Waals surface area contributed by atoms with Crippen molar-refractivity contribution in [1.82, 2.24) is 4.98 Å². The topological polar surface area (TPSA) is 42.4 Å². The minimum absolute atomic E-state index is 0.307. The molecule has 1 N–H and O–H groups in total. The Morgan fingerprint density at radius 1 is 1.39 bits per heavy atom. The fourth-order valence-corrected chi connectivity index (χ4v) is 2.76. The first-order valence-corrected chi connectivity index (χ1v) is 6.70. The molecule has 1 fully saturated rings. The lowest BCUT2D eigenvalue weighted by atomic mass is 9.71. The third-order valence-corrected chi connectivity index (χ3v) is 4.13. The second-order valence-corrected chi connectivity index (χ2v) is 6.04. The van der Waals surface area contributed by atoms with Gasteiger partial charge in [0.05, 0.1) is 7.11 Å². The number of aliphatic hydroxyl groups excluding tert-OH is 1. The van der Waals surface area contributed by atoms with Crippen LogP contribution in [0.3, 0.4) is 0 Å². The van der Waals surface area contributed by atoms with Gasteiger partial charge >= 0.3 is 0 Å². The highest BCUT2D eigenvalue weighted by atomic mass is 16.5. The van der Waals surface area contributed by atoms with Crippen molar-refractivity contribution in [3.8, 4) is 5.75 Å². The van der Waals surface area contributed by atoms with Crippen LogP contribution in [0.5, 0.6) is 5.75 Å². The second-order valence-electron chi connectivity index (χ2n) is 6.04. The summed E-state index contributed by atoms with van der Waals surface area (Å²) in [5.74, 6) is 0.997. The molecule has 0 aromatic carbocycles. The summed E-state index contributed by atoms with van der Waals surface area (Å²) in [5.41, 5.74) is 1.11. The van der Waals surface area contributed by atoms with Crippen LogP contribution >= 0.6 is 0 Å². The van der Waals surface area contributed by atoms with Crippen molar-refractivity contribution in [1.29, 1.82) is 0 Å². The normalized spacial score (nSPS) is 21.6. The molecule has 1 heterocycles. The van der Waals surface area contributed by atoms with E-state index in [1.165, 1.54) is 12.8 Å². The zero-order valence-corrected chi connectivity index (χ0v) is 11.5. The number of aromatic nitrogens is 1. The summed E-state index contributed by atoms with van der Waals surface area (Å²) in [7, 11) is 1.62. The van der Waals surface area contributed by atoms with Crippen molar-refractivity contribution in [2.24, 2.45) is 11.3 Å². The van der Waals surface area contributed by atoms with Crippen molar-refractivity contribution >= 4 is 0 Å². The maximum atomic E-state index is 10.5. The Morgan fingerprint density at radius 3 is 2.67 bits per heavy atom. The zero-order chi connectivity index (χ0) is 13.2. The van der Waals surface area contributed by atoms with Gasteiger partial charge in [-0.1, -0.05) is 13.8 Å². The highest BCUT2D eigenvalue weighted by Crippen LogP contribution is 2.43. The predicted molar refractivity (Wildman–Crippen MR) is 71.5 cm³/mol. The fourth-order valence-electron chi connectivity index (χ4n) is 2.76. The Balaban J connectivity index is 2.10.